The van der Waals surface area contributed by atoms with Gasteiger partial charge in [0.25, 0.3) is 0 Å². The van der Waals surface area contributed by atoms with E-state index in [2.05, 4.69) is 52.6 Å². The van der Waals surface area contributed by atoms with Crippen LogP contribution >= 0.6 is 0 Å². The SMILES string of the molecule is C=C.C=C.C=C.C=C.CC(=O)[O-].CC(=O)[O-].[Rh].[Rh]. The van der Waals surface area contributed by atoms with Crippen molar-refractivity contribution in [2.45, 2.75) is 13.8 Å². The van der Waals surface area contributed by atoms with E-state index >= 15 is 0 Å². The first kappa shape index (κ1) is 53.4. The van der Waals surface area contributed by atoms with Gasteiger partial charge in [-0.1, -0.05) is 0 Å². The first-order chi connectivity index (χ1) is 7.46. The molecule has 0 saturated carbocycles. The van der Waals surface area contributed by atoms with E-state index < -0.39 is 11.9 Å². The second-order valence-corrected chi connectivity index (χ2v) is 0.983. The van der Waals surface area contributed by atoms with Crippen molar-refractivity contribution in [2.24, 2.45) is 0 Å². The van der Waals surface area contributed by atoms with Crippen LogP contribution in [0.25, 0.3) is 0 Å². The first-order valence-corrected chi connectivity index (χ1v) is 3.82. The van der Waals surface area contributed by atoms with Gasteiger partial charge >= 0.3 is 0 Å². The van der Waals surface area contributed by atoms with Crippen LogP contribution in [0.2, 0.25) is 0 Å². The van der Waals surface area contributed by atoms with Gasteiger partial charge in [-0.05, 0) is 13.8 Å². The maximum Gasteiger partial charge on any atom is 0.0383 e. The Bertz CT molecular complexity index is 114. The molecule has 114 valence electrons. The van der Waals surface area contributed by atoms with Crippen LogP contribution in [0.5, 0.6) is 0 Å². The third-order valence-corrected chi connectivity index (χ3v) is 0. The van der Waals surface area contributed by atoms with E-state index in [0.717, 1.165) is 13.8 Å². The summed E-state index contributed by atoms with van der Waals surface area (Å²) in [5.41, 5.74) is 0. The molecule has 0 amide bonds. The molecule has 0 aliphatic heterocycles. The molecule has 0 aromatic rings. The number of carboxylic acid groups (broad SMARTS) is 2. The third-order valence-electron chi connectivity index (χ3n) is 0. The minimum atomic E-state index is -1.08. The molecule has 0 atom stereocenters. The molecule has 0 aliphatic rings. The largest absolute Gasteiger partial charge is 0.550 e. The molecule has 0 spiro atoms. The monoisotopic (exact) mass is 436 g/mol. The molecule has 0 heterocycles. The van der Waals surface area contributed by atoms with E-state index in [1.54, 1.807) is 0 Å². The number of aliphatic carboxylic acids is 2. The summed E-state index contributed by atoms with van der Waals surface area (Å²) in [4.78, 5) is 17.8. The Labute approximate surface area is 137 Å². The van der Waals surface area contributed by atoms with Crippen molar-refractivity contribution in [3.63, 3.8) is 0 Å². The molecule has 2 radical (unpaired) electrons. The Hall–Kier alpha value is -0.853. The van der Waals surface area contributed by atoms with Crippen molar-refractivity contribution < 1.29 is 58.8 Å². The zero-order valence-electron chi connectivity index (χ0n) is 11.0. The second-order valence-electron chi connectivity index (χ2n) is 0.983. The van der Waals surface area contributed by atoms with Crippen molar-refractivity contribution in [1.82, 2.24) is 0 Å². The molecular weight excluding hydrogens is 414 g/mol. The summed E-state index contributed by atoms with van der Waals surface area (Å²) < 4.78 is 0. The van der Waals surface area contributed by atoms with Gasteiger partial charge in [0.05, 0.1) is 0 Å². The third kappa shape index (κ3) is 4160. The standard InChI is InChI=1S/2C2H4O2.4C2H4.2Rh/c2*1-2(3)4;4*1-2;;/h2*1H3,(H,3,4);4*1-2H2;;/p-2. The Morgan fingerprint density at radius 2 is 0.611 bits per heavy atom. The summed E-state index contributed by atoms with van der Waals surface area (Å²) in [7, 11) is 0. The fourth-order valence-electron chi connectivity index (χ4n) is 0. The van der Waals surface area contributed by atoms with E-state index in [1.165, 1.54) is 0 Å². The average molecular weight is 436 g/mol. The van der Waals surface area contributed by atoms with Crippen LogP contribution in [-0.4, -0.2) is 11.9 Å². The summed E-state index contributed by atoms with van der Waals surface area (Å²) in [5, 5.41) is 17.8. The number of carbonyl (C=O) groups excluding carboxylic acids is 2. The fourth-order valence-corrected chi connectivity index (χ4v) is 0. The smallest absolute Gasteiger partial charge is 0.0383 e. The number of rotatable bonds is 0. The average Bonchev–Trinajstić information content (AvgIpc) is 2.27. The van der Waals surface area contributed by atoms with E-state index in [-0.39, 0.29) is 39.0 Å². The summed E-state index contributed by atoms with van der Waals surface area (Å²) in [6, 6.07) is 0. The molecule has 0 unspecified atom stereocenters. The molecule has 0 saturated heterocycles. The van der Waals surface area contributed by atoms with E-state index in [1.807, 2.05) is 0 Å². The Morgan fingerprint density at radius 1 is 0.611 bits per heavy atom. The van der Waals surface area contributed by atoms with Crippen LogP contribution in [0.1, 0.15) is 13.8 Å². The number of hydrogen-bond acceptors (Lipinski definition) is 4. The van der Waals surface area contributed by atoms with Gasteiger partial charge in [-0.3, -0.25) is 0 Å². The van der Waals surface area contributed by atoms with Crippen LogP contribution in [0.3, 0.4) is 0 Å². The van der Waals surface area contributed by atoms with Crippen LogP contribution in [0.4, 0.5) is 0 Å². The minimum absolute atomic E-state index is 0. The van der Waals surface area contributed by atoms with Crippen molar-refractivity contribution in [3.05, 3.63) is 52.6 Å². The second kappa shape index (κ2) is 140. The molecule has 6 heteroatoms. The van der Waals surface area contributed by atoms with Gasteiger partial charge in [0.15, 0.2) is 0 Å². The molecule has 0 fully saturated rings. The minimum Gasteiger partial charge on any atom is -0.550 e. The summed E-state index contributed by atoms with van der Waals surface area (Å²) in [6.07, 6.45) is 0. The number of carbonyl (C=O) groups is 2. The molecule has 4 nitrogen and oxygen atoms in total. The van der Waals surface area contributed by atoms with Gasteiger partial charge in [-0.25, -0.2) is 0 Å². The van der Waals surface area contributed by atoms with E-state index in [0.29, 0.717) is 0 Å². The van der Waals surface area contributed by atoms with Gasteiger partial charge in [-0.2, -0.15) is 0 Å². The quantitative estimate of drug-likeness (QED) is 0.414. The summed E-state index contributed by atoms with van der Waals surface area (Å²) >= 11 is 0. The molecule has 0 aliphatic carbocycles. The van der Waals surface area contributed by atoms with Crippen molar-refractivity contribution in [2.75, 3.05) is 0 Å². The van der Waals surface area contributed by atoms with Crippen molar-refractivity contribution in [1.29, 1.82) is 0 Å². The zero-order chi connectivity index (χ0) is 15.2. The molecule has 0 bridgehead atoms. The van der Waals surface area contributed by atoms with Gasteiger partial charge in [0, 0.05) is 50.9 Å². The Morgan fingerprint density at radius 3 is 0.611 bits per heavy atom. The van der Waals surface area contributed by atoms with Gasteiger partial charge in [-0.15, -0.1) is 52.6 Å². The molecule has 18 heavy (non-hydrogen) atoms. The van der Waals surface area contributed by atoms with Crippen molar-refractivity contribution in [3.8, 4) is 0 Å². The normalized spacial score (nSPS) is 3.67. The topological polar surface area (TPSA) is 80.3 Å². The predicted molar refractivity (Wildman–Crippen MR) is 66.4 cm³/mol. The van der Waals surface area contributed by atoms with Gasteiger partial charge in [0.1, 0.15) is 0 Å². The van der Waals surface area contributed by atoms with Gasteiger partial charge in [0.2, 0.25) is 0 Å². The Kier molecular flexibility index (Phi) is 415. The zero-order valence-corrected chi connectivity index (χ0v) is 14.2. The number of hydrogen-bond donors (Lipinski definition) is 0. The first-order valence-electron chi connectivity index (χ1n) is 3.82. The van der Waals surface area contributed by atoms with Crippen LogP contribution in [-0.2, 0) is 48.5 Å². The summed E-state index contributed by atoms with van der Waals surface area (Å²) in [6.45, 7) is 25.9. The molecular formula is C12H22O4Rh2-2. The molecule has 0 aromatic heterocycles. The van der Waals surface area contributed by atoms with Crippen LogP contribution < -0.4 is 10.2 Å². The van der Waals surface area contributed by atoms with Crippen LogP contribution in [0.15, 0.2) is 52.6 Å². The van der Waals surface area contributed by atoms with Crippen molar-refractivity contribution >= 4 is 11.9 Å². The number of carboxylic acids is 2. The maximum absolute atomic E-state index is 8.89. The van der Waals surface area contributed by atoms with Gasteiger partial charge < -0.3 is 19.8 Å². The molecule has 0 rings (SSSR count). The van der Waals surface area contributed by atoms with E-state index in [9.17, 15) is 0 Å². The maximum atomic E-state index is 8.89. The van der Waals surface area contributed by atoms with Crippen LogP contribution in [0, 0.1) is 0 Å². The van der Waals surface area contributed by atoms with E-state index in [4.69, 9.17) is 19.8 Å². The molecule has 0 aromatic carbocycles. The summed E-state index contributed by atoms with van der Waals surface area (Å²) in [5.74, 6) is -2.17. The predicted octanol–water partition coefficient (Wildman–Crippen LogP) is 0.716. The Balaban J connectivity index is -0.0000000113. The molecule has 0 N–H and O–H groups in total. The fraction of sp³-hybridized carbons (Fsp3) is 0.167.